The first-order chi connectivity index (χ1) is 15.3. The predicted molar refractivity (Wildman–Crippen MR) is 115 cm³/mol. The van der Waals surface area contributed by atoms with E-state index in [0.29, 0.717) is 11.3 Å². The minimum absolute atomic E-state index is 0.0593. The molecule has 0 N–H and O–H groups in total. The summed E-state index contributed by atoms with van der Waals surface area (Å²) in [6, 6.07) is 4.66. The number of aryl methyl sites for hydroxylation is 2. The maximum absolute atomic E-state index is 12.7. The lowest BCUT2D eigenvalue weighted by Crippen LogP contribution is -2.29. The highest BCUT2D eigenvalue weighted by molar-refractivity contribution is 7.89. The Hall–Kier alpha value is -2.93. The molecular weight excluding hydrogens is 461 g/mol. The van der Waals surface area contributed by atoms with Crippen molar-refractivity contribution in [3.05, 3.63) is 42.2 Å². The number of aromatic nitrogens is 4. The number of rotatable bonds is 8. The summed E-state index contributed by atoms with van der Waals surface area (Å²) in [6.45, 7) is -1.23. The first-order valence-electron chi connectivity index (χ1n) is 9.98. The van der Waals surface area contributed by atoms with Gasteiger partial charge in [0.2, 0.25) is 15.9 Å². The van der Waals surface area contributed by atoms with Gasteiger partial charge in [0.15, 0.2) is 0 Å². The van der Waals surface area contributed by atoms with Crippen LogP contribution in [0.3, 0.4) is 0 Å². The number of alkyl halides is 3. The molecule has 3 aromatic rings. The van der Waals surface area contributed by atoms with Gasteiger partial charge in [-0.05, 0) is 18.2 Å². The van der Waals surface area contributed by atoms with Crippen molar-refractivity contribution in [2.45, 2.75) is 37.0 Å². The van der Waals surface area contributed by atoms with Gasteiger partial charge in [-0.1, -0.05) is 0 Å². The second-order valence-corrected chi connectivity index (χ2v) is 10.0. The van der Waals surface area contributed by atoms with Gasteiger partial charge in [0.25, 0.3) is 0 Å². The van der Waals surface area contributed by atoms with Crippen LogP contribution >= 0.6 is 0 Å². The first-order valence-corrected chi connectivity index (χ1v) is 11.4. The number of hydrogen-bond acceptors (Lipinski definition) is 5. The maximum Gasteiger partial charge on any atom is 0.406 e. The Bertz CT molecular complexity index is 1260. The lowest BCUT2D eigenvalue weighted by Gasteiger charge is -2.18. The summed E-state index contributed by atoms with van der Waals surface area (Å²) in [7, 11) is 2.56. The van der Waals surface area contributed by atoms with Crippen LogP contribution in [0.25, 0.3) is 11.0 Å². The molecule has 0 saturated heterocycles. The summed E-state index contributed by atoms with van der Waals surface area (Å²) < 4.78 is 66.6. The number of amides is 1. The third kappa shape index (κ3) is 5.53. The summed E-state index contributed by atoms with van der Waals surface area (Å²) in [5, 5.41) is 0. The average molecular weight is 487 g/mol. The van der Waals surface area contributed by atoms with E-state index in [2.05, 4.69) is 9.97 Å². The van der Waals surface area contributed by atoms with Gasteiger partial charge in [0, 0.05) is 53.4 Å². The van der Waals surface area contributed by atoms with E-state index >= 15 is 0 Å². The Balaban J connectivity index is 1.69. The van der Waals surface area contributed by atoms with Crippen LogP contribution in [0.2, 0.25) is 0 Å². The van der Waals surface area contributed by atoms with E-state index in [0.717, 1.165) is 14.4 Å². The predicted octanol–water partition coefficient (Wildman–Crippen LogP) is 2.17. The molecule has 0 aliphatic heterocycles. The molecule has 3 rings (SSSR count). The Morgan fingerprint density at radius 3 is 2.48 bits per heavy atom. The Morgan fingerprint density at radius 2 is 1.85 bits per heavy atom. The van der Waals surface area contributed by atoms with Gasteiger partial charge in [0.05, 0.1) is 22.5 Å². The van der Waals surface area contributed by atoms with Gasteiger partial charge in [-0.25, -0.2) is 22.7 Å². The summed E-state index contributed by atoms with van der Waals surface area (Å²) in [5.74, 6) is 0.449. The van der Waals surface area contributed by atoms with Gasteiger partial charge in [-0.3, -0.25) is 4.79 Å². The molecule has 2 heterocycles. The highest BCUT2D eigenvalue weighted by Gasteiger charge is 2.29. The molecule has 0 atom stereocenters. The number of benzene rings is 1. The molecule has 0 radical (unpaired) electrons. The van der Waals surface area contributed by atoms with Crippen LogP contribution in [-0.2, 0) is 41.4 Å². The zero-order valence-electron chi connectivity index (χ0n) is 18.7. The third-order valence-corrected chi connectivity index (χ3v) is 7.05. The van der Waals surface area contributed by atoms with Crippen LogP contribution in [0, 0.1) is 0 Å². The minimum atomic E-state index is -4.38. The van der Waals surface area contributed by atoms with E-state index < -0.39 is 22.7 Å². The van der Waals surface area contributed by atoms with Crippen molar-refractivity contribution >= 4 is 27.0 Å². The molecule has 0 bridgehead atoms. The van der Waals surface area contributed by atoms with Crippen molar-refractivity contribution in [1.29, 1.82) is 0 Å². The number of carbonyl (C=O) groups is 1. The summed E-state index contributed by atoms with van der Waals surface area (Å²) >= 11 is 0. The van der Waals surface area contributed by atoms with Crippen molar-refractivity contribution in [3.63, 3.8) is 0 Å². The molecule has 0 spiro atoms. The topological polar surface area (TPSA) is 93.3 Å². The fraction of sp³-hybridized carbons (Fsp3) is 0.450. The van der Waals surface area contributed by atoms with Gasteiger partial charge in [-0.15, -0.1) is 0 Å². The third-order valence-electron chi connectivity index (χ3n) is 5.24. The lowest BCUT2D eigenvalue weighted by molar-refractivity contribution is -0.141. The Kier molecular flexibility index (Phi) is 6.84. The van der Waals surface area contributed by atoms with E-state index in [9.17, 15) is 26.4 Å². The molecule has 9 nitrogen and oxygen atoms in total. The van der Waals surface area contributed by atoms with Gasteiger partial charge in [0.1, 0.15) is 18.2 Å². The Labute approximate surface area is 189 Å². The molecule has 2 aromatic heterocycles. The second kappa shape index (κ2) is 9.14. The highest BCUT2D eigenvalue weighted by atomic mass is 32.2. The van der Waals surface area contributed by atoms with E-state index in [1.54, 1.807) is 17.7 Å². The van der Waals surface area contributed by atoms with Crippen molar-refractivity contribution in [2.75, 3.05) is 21.1 Å². The second-order valence-electron chi connectivity index (χ2n) is 7.86. The zero-order valence-corrected chi connectivity index (χ0v) is 19.5. The van der Waals surface area contributed by atoms with E-state index in [1.807, 2.05) is 0 Å². The number of nitrogens with zero attached hydrogens (tertiary/aromatic N) is 6. The fourth-order valence-corrected chi connectivity index (χ4v) is 4.29. The zero-order chi connectivity index (χ0) is 24.6. The van der Waals surface area contributed by atoms with Gasteiger partial charge < -0.3 is 14.0 Å². The maximum atomic E-state index is 12.7. The molecule has 0 unspecified atom stereocenters. The van der Waals surface area contributed by atoms with Crippen molar-refractivity contribution in [2.24, 2.45) is 7.05 Å². The van der Waals surface area contributed by atoms with Crippen LogP contribution in [-0.4, -0.2) is 70.0 Å². The standard InChI is InChI=1S/C20H25F3N6O3S/c1-26(2)33(31,32)14-5-6-16-15(11-14)25-17(28(16)4)7-8-19(30)27(3)12-18-24-9-10-29(18)13-20(21,22)23/h5-6,9-11H,7-8,12-13H2,1-4H3. The number of sulfonamides is 1. The van der Waals surface area contributed by atoms with Crippen molar-refractivity contribution < 1.29 is 26.4 Å². The van der Waals surface area contributed by atoms with Crippen LogP contribution in [0.1, 0.15) is 18.1 Å². The number of imidazole rings is 2. The van der Waals surface area contributed by atoms with Crippen molar-refractivity contribution in [1.82, 2.24) is 28.3 Å². The molecule has 1 amide bonds. The monoisotopic (exact) mass is 486 g/mol. The molecule has 0 saturated carbocycles. The van der Waals surface area contributed by atoms with Gasteiger partial charge in [-0.2, -0.15) is 13.2 Å². The smallest absolute Gasteiger partial charge is 0.338 e. The van der Waals surface area contributed by atoms with Crippen molar-refractivity contribution in [3.8, 4) is 0 Å². The summed E-state index contributed by atoms with van der Waals surface area (Å²) in [6.07, 6.45) is -1.53. The molecule has 33 heavy (non-hydrogen) atoms. The Morgan fingerprint density at radius 1 is 1.15 bits per heavy atom. The van der Waals surface area contributed by atoms with Crippen LogP contribution in [0.15, 0.2) is 35.5 Å². The molecule has 0 aliphatic rings. The van der Waals surface area contributed by atoms with Gasteiger partial charge >= 0.3 is 6.18 Å². The van der Waals surface area contributed by atoms with Crippen LogP contribution in [0.4, 0.5) is 13.2 Å². The normalized spacial score (nSPS) is 12.6. The molecule has 13 heteroatoms. The largest absolute Gasteiger partial charge is 0.406 e. The quantitative estimate of drug-likeness (QED) is 0.487. The van der Waals surface area contributed by atoms with E-state index in [4.69, 9.17) is 0 Å². The fourth-order valence-electron chi connectivity index (χ4n) is 3.36. The number of hydrogen-bond donors (Lipinski definition) is 0. The number of halogens is 3. The number of fused-ring (bicyclic) bond motifs is 1. The minimum Gasteiger partial charge on any atom is -0.338 e. The van der Waals surface area contributed by atoms with E-state index in [1.165, 1.54) is 50.6 Å². The summed E-state index contributed by atoms with van der Waals surface area (Å²) in [5.41, 5.74) is 1.21. The first kappa shape index (κ1) is 24.7. The molecule has 0 fully saturated rings. The molecule has 1 aromatic carbocycles. The van der Waals surface area contributed by atoms with Crippen LogP contribution in [0.5, 0.6) is 0 Å². The van der Waals surface area contributed by atoms with Crippen LogP contribution < -0.4 is 0 Å². The molecule has 0 aliphatic carbocycles. The van der Waals surface area contributed by atoms with E-state index in [-0.39, 0.29) is 36.0 Å². The SMILES string of the molecule is CN(Cc1nccn1CC(F)(F)F)C(=O)CCc1nc2cc(S(=O)(=O)N(C)C)ccc2n1C. The highest BCUT2D eigenvalue weighted by Crippen LogP contribution is 2.22. The summed E-state index contributed by atoms with van der Waals surface area (Å²) in [4.78, 5) is 22.4. The molecule has 180 valence electrons. The molecular formula is C20H25F3N6O3S. The average Bonchev–Trinajstić information content (AvgIpc) is 3.27. The number of carbonyl (C=O) groups excluding carboxylic acids is 1. The lowest BCUT2D eigenvalue weighted by atomic mass is 10.2.